The maximum Gasteiger partial charge on any atom is 0.326 e. The van der Waals surface area contributed by atoms with Gasteiger partial charge < -0.3 is 15.4 Å². The van der Waals surface area contributed by atoms with Gasteiger partial charge >= 0.3 is 5.97 Å². The average molecular weight is 413 g/mol. The second-order valence-corrected chi connectivity index (χ2v) is 6.28. The van der Waals surface area contributed by atoms with Crippen LogP contribution in [-0.4, -0.2) is 30.4 Å². The monoisotopic (exact) mass is 412 g/mol. The number of esters is 1. The number of carbonyl (C=O) groups excluding carboxylic acids is 3. The van der Waals surface area contributed by atoms with Gasteiger partial charge in [0.25, 0.3) is 11.8 Å². The fourth-order valence-corrected chi connectivity index (χ4v) is 2.31. The van der Waals surface area contributed by atoms with E-state index < -0.39 is 36.2 Å². The third-order valence-electron chi connectivity index (χ3n) is 3.37. The summed E-state index contributed by atoms with van der Waals surface area (Å²) >= 11 is 11.6. The Kier molecular flexibility index (Phi) is 7.15. The molecule has 0 radical (unpaired) electrons. The van der Waals surface area contributed by atoms with Crippen molar-refractivity contribution in [1.29, 1.82) is 0 Å². The molecule has 0 aliphatic rings. The Morgan fingerprint density at radius 2 is 1.78 bits per heavy atom. The normalized spacial score (nSPS) is 11.4. The molecule has 2 N–H and O–H groups in total. The summed E-state index contributed by atoms with van der Waals surface area (Å²) in [7, 11) is 0. The van der Waals surface area contributed by atoms with Crippen molar-refractivity contribution in [2.45, 2.75) is 13.0 Å². The van der Waals surface area contributed by atoms with Gasteiger partial charge in [-0.2, -0.15) is 0 Å². The molecule has 27 heavy (non-hydrogen) atoms. The van der Waals surface area contributed by atoms with Crippen LogP contribution in [0.15, 0.2) is 42.5 Å². The van der Waals surface area contributed by atoms with Crippen LogP contribution in [-0.2, 0) is 14.3 Å². The lowest BCUT2D eigenvalue weighted by Crippen LogP contribution is -2.35. The zero-order chi connectivity index (χ0) is 20.0. The van der Waals surface area contributed by atoms with Gasteiger partial charge in [-0.3, -0.25) is 14.4 Å². The van der Waals surface area contributed by atoms with Crippen LogP contribution >= 0.6 is 23.2 Å². The number of nitrogens with one attached hydrogen (secondary N) is 2. The number of amides is 2. The van der Waals surface area contributed by atoms with Gasteiger partial charge in [-0.25, -0.2) is 4.39 Å². The van der Waals surface area contributed by atoms with E-state index in [0.29, 0.717) is 10.6 Å². The summed E-state index contributed by atoms with van der Waals surface area (Å²) in [5.74, 6) is -2.49. The Balaban J connectivity index is 1.82. The van der Waals surface area contributed by atoms with E-state index in [1.807, 2.05) is 0 Å². The average Bonchev–Trinajstić information content (AvgIpc) is 2.62. The van der Waals surface area contributed by atoms with E-state index in [1.54, 1.807) is 12.1 Å². The van der Waals surface area contributed by atoms with Crippen molar-refractivity contribution in [3.05, 3.63) is 63.9 Å². The molecule has 2 rings (SSSR count). The van der Waals surface area contributed by atoms with Crippen LogP contribution in [0.5, 0.6) is 0 Å². The van der Waals surface area contributed by atoms with Gasteiger partial charge in [0.15, 0.2) is 6.10 Å². The first kappa shape index (κ1) is 20.7. The van der Waals surface area contributed by atoms with Crippen molar-refractivity contribution >= 4 is 46.7 Å². The van der Waals surface area contributed by atoms with E-state index in [0.717, 1.165) is 12.1 Å². The number of ether oxygens (including phenoxy) is 1. The molecule has 0 spiro atoms. The molecule has 0 aliphatic heterocycles. The van der Waals surface area contributed by atoms with Gasteiger partial charge in [0.1, 0.15) is 12.4 Å². The van der Waals surface area contributed by atoms with Gasteiger partial charge in [0, 0.05) is 10.6 Å². The molecule has 0 unspecified atom stereocenters. The Morgan fingerprint density at radius 3 is 2.41 bits per heavy atom. The molecular weight excluding hydrogens is 398 g/mol. The number of anilines is 1. The van der Waals surface area contributed by atoms with Crippen LogP contribution < -0.4 is 10.6 Å². The van der Waals surface area contributed by atoms with Gasteiger partial charge in [0.05, 0.1) is 10.7 Å². The van der Waals surface area contributed by atoms with Gasteiger partial charge in [-0.05, 0) is 49.4 Å². The number of carbonyl (C=O) groups is 3. The Morgan fingerprint density at radius 1 is 1.11 bits per heavy atom. The third-order valence-corrected chi connectivity index (χ3v) is 3.93. The molecule has 6 nitrogen and oxygen atoms in total. The molecule has 142 valence electrons. The van der Waals surface area contributed by atoms with E-state index in [1.165, 1.54) is 25.1 Å². The smallest absolute Gasteiger partial charge is 0.326 e. The lowest BCUT2D eigenvalue weighted by atomic mass is 10.2. The minimum atomic E-state index is -1.15. The molecule has 9 heteroatoms. The zero-order valence-corrected chi connectivity index (χ0v) is 15.6. The summed E-state index contributed by atoms with van der Waals surface area (Å²) in [6.07, 6.45) is -1.15. The highest BCUT2D eigenvalue weighted by Crippen LogP contribution is 2.22. The highest BCUT2D eigenvalue weighted by atomic mass is 35.5. The Bertz CT molecular complexity index is 859. The van der Waals surface area contributed by atoms with E-state index >= 15 is 0 Å². The van der Waals surface area contributed by atoms with Crippen molar-refractivity contribution in [3.8, 4) is 0 Å². The molecule has 0 fully saturated rings. The van der Waals surface area contributed by atoms with E-state index in [-0.39, 0.29) is 10.7 Å². The fourth-order valence-electron chi connectivity index (χ4n) is 1.97. The fraction of sp³-hybridized carbons (Fsp3) is 0.167. The second-order valence-electron chi connectivity index (χ2n) is 5.44. The van der Waals surface area contributed by atoms with Crippen molar-refractivity contribution in [2.24, 2.45) is 0 Å². The molecule has 2 aromatic carbocycles. The predicted molar refractivity (Wildman–Crippen MR) is 99.4 cm³/mol. The largest absolute Gasteiger partial charge is 0.451 e. The van der Waals surface area contributed by atoms with E-state index in [2.05, 4.69) is 10.6 Å². The highest BCUT2D eigenvalue weighted by Gasteiger charge is 2.19. The minimum absolute atomic E-state index is 0.0112. The van der Waals surface area contributed by atoms with Crippen LogP contribution in [0.2, 0.25) is 10.0 Å². The first-order chi connectivity index (χ1) is 12.8. The van der Waals surface area contributed by atoms with E-state index in [9.17, 15) is 18.8 Å². The molecular formula is C18H15Cl2FN2O4. The van der Waals surface area contributed by atoms with Crippen molar-refractivity contribution in [2.75, 3.05) is 11.9 Å². The quantitative estimate of drug-likeness (QED) is 0.711. The Hall–Kier alpha value is -2.64. The number of hydrogen-bond donors (Lipinski definition) is 2. The molecule has 0 bridgehead atoms. The Labute approximate surface area is 164 Å². The van der Waals surface area contributed by atoms with Crippen LogP contribution in [0.1, 0.15) is 17.3 Å². The first-order valence-electron chi connectivity index (χ1n) is 7.75. The van der Waals surface area contributed by atoms with Crippen LogP contribution in [0.25, 0.3) is 0 Å². The minimum Gasteiger partial charge on any atom is -0.451 e. The highest BCUT2D eigenvalue weighted by molar-refractivity contribution is 6.33. The number of halogens is 3. The SMILES string of the molecule is C[C@@H](OC(=O)CNC(=O)c1ccc(Cl)cc1)C(=O)Nc1ccc(F)cc1Cl. The molecule has 1 atom stereocenters. The van der Waals surface area contributed by atoms with Crippen LogP contribution in [0.3, 0.4) is 0 Å². The van der Waals surface area contributed by atoms with Crippen molar-refractivity contribution in [3.63, 3.8) is 0 Å². The summed E-state index contributed by atoms with van der Waals surface area (Å²) in [5.41, 5.74) is 0.506. The van der Waals surface area contributed by atoms with Crippen molar-refractivity contribution < 1.29 is 23.5 Å². The number of rotatable bonds is 6. The molecule has 0 saturated carbocycles. The molecule has 2 amide bonds. The number of hydrogen-bond acceptors (Lipinski definition) is 4. The van der Waals surface area contributed by atoms with Gasteiger partial charge in [-0.1, -0.05) is 23.2 Å². The maximum atomic E-state index is 13.0. The summed E-state index contributed by atoms with van der Waals surface area (Å²) in [6.45, 7) is 0.933. The third kappa shape index (κ3) is 6.23. The first-order valence-corrected chi connectivity index (χ1v) is 8.51. The van der Waals surface area contributed by atoms with Gasteiger partial charge in [-0.15, -0.1) is 0 Å². The van der Waals surface area contributed by atoms with Crippen LogP contribution in [0, 0.1) is 5.82 Å². The molecule has 0 heterocycles. The second kappa shape index (κ2) is 9.34. The molecule has 0 aromatic heterocycles. The summed E-state index contributed by atoms with van der Waals surface area (Å²) < 4.78 is 17.9. The van der Waals surface area contributed by atoms with E-state index in [4.69, 9.17) is 27.9 Å². The lowest BCUT2D eigenvalue weighted by Gasteiger charge is -2.14. The summed E-state index contributed by atoms with van der Waals surface area (Å²) in [6, 6.07) is 9.56. The zero-order valence-electron chi connectivity index (χ0n) is 14.1. The summed E-state index contributed by atoms with van der Waals surface area (Å²) in [4.78, 5) is 35.7. The summed E-state index contributed by atoms with van der Waals surface area (Å²) in [5, 5.41) is 5.29. The standard InChI is InChI=1S/C18H15Cl2FN2O4/c1-10(17(25)23-15-7-6-13(21)8-14(15)20)27-16(24)9-22-18(26)11-2-4-12(19)5-3-11/h2-8,10H,9H2,1H3,(H,22,26)(H,23,25)/t10-/m1/s1. The maximum absolute atomic E-state index is 13.0. The molecule has 0 aliphatic carbocycles. The van der Waals surface area contributed by atoms with Crippen LogP contribution in [0.4, 0.5) is 10.1 Å². The predicted octanol–water partition coefficient (Wildman–Crippen LogP) is 3.43. The number of benzene rings is 2. The molecule has 0 saturated heterocycles. The lowest BCUT2D eigenvalue weighted by molar-refractivity contribution is -0.152. The van der Waals surface area contributed by atoms with Gasteiger partial charge in [0.2, 0.25) is 0 Å². The topological polar surface area (TPSA) is 84.5 Å². The van der Waals surface area contributed by atoms with Crippen molar-refractivity contribution in [1.82, 2.24) is 5.32 Å². The molecule has 2 aromatic rings.